The van der Waals surface area contributed by atoms with Crippen LogP contribution in [-0.4, -0.2) is 44.7 Å². The van der Waals surface area contributed by atoms with E-state index in [-0.39, 0.29) is 25.6 Å². The van der Waals surface area contributed by atoms with Crippen molar-refractivity contribution in [2.45, 2.75) is 6.10 Å². The van der Waals surface area contributed by atoms with Gasteiger partial charge in [0.25, 0.3) is 11.8 Å². The van der Waals surface area contributed by atoms with Gasteiger partial charge in [-0.25, -0.2) is 13.2 Å². The summed E-state index contributed by atoms with van der Waals surface area (Å²) in [4.78, 5) is 25.7. The average molecular weight is 394 g/mol. The lowest BCUT2D eigenvalue weighted by atomic mass is 10.1. The summed E-state index contributed by atoms with van der Waals surface area (Å²) in [6.07, 6.45) is -0.558. The first-order valence-corrected chi connectivity index (χ1v) is 8.38. The zero-order valence-corrected chi connectivity index (χ0v) is 14.9. The molecule has 148 valence electrons. The molecule has 1 unspecified atom stereocenters. The zero-order chi connectivity index (χ0) is 20.3. The highest BCUT2D eigenvalue weighted by Gasteiger charge is 2.28. The van der Waals surface area contributed by atoms with Crippen molar-refractivity contribution in [1.82, 2.24) is 5.32 Å². The molecule has 0 spiro atoms. The van der Waals surface area contributed by atoms with Gasteiger partial charge in [-0.1, -0.05) is 0 Å². The van der Waals surface area contributed by atoms with Crippen LogP contribution in [0.1, 0.15) is 10.4 Å². The number of morpholine rings is 1. The lowest BCUT2D eigenvalue weighted by molar-refractivity contribution is -0.129. The number of anilines is 1. The molecule has 1 fully saturated rings. The van der Waals surface area contributed by atoms with Gasteiger partial charge < -0.3 is 19.7 Å². The van der Waals surface area contributed by atoms with Crippen LogP contribution < -0.4 is 15.0 Å². The van der Waals surface area contributed by atoms with Crippen LogP contribution in [0.3, 0.4) is 0 Å². The van der Waals surface area contributed by atoms with Crippen molar-refractivity contribution in [3.63, 3.8) is 0 Å². The van der Waals surface area contributed by atoms with Gasteiger partial charge in [0, 0.05) is 12.2 Å². The molecule has 0 bridgehead atoms. The largest absolute Gasteiger partial charge is 0.497 e. The Labute approximate surface area is 158 Å². The third kappa shape index (κ3) is 4.09. The van der Waals surface area contributed by atoms with Crippen molar-refractivity contribution in [2.24, 2.45) is 0 Å². The van der Waals surface area contributed by atoms with Gasteiger partial charge in [-0.3, -0.25) is 9.59 Å². The molecule has 1 saturated heterocycles. The lowest BCUT2D eigenvalue weighted by Gasteiger charge is -2.33. The first-order chi connectivity index (χ1) is 13.4. The second-order valence-electron chi connectivity index (χ2n) is 6.07. The Morgan fingerprint density at radius 1 is 1.18 bits per heavy atom. The third-order valence-electron chi connectivity index (χ3n) is 4.28. The van der Waals surface area contributed by atoms with E-state index in [1.54, 1.807) is 24.3 Å². The molecule has 1 heterocycles. The number of ether oxygens (including phenoxy) is 2. The molecule has 1 aliphatic heterocycles. The number of carbonyl (C=O) groups excluding carboxylic acids is 2. The minimum atomic E-state index is -1.71. The molecule has 1 aliphatic rings. The van der Waals surface area contributed by atoms with Crippen molar-refractivity contribution in [3.05, 3.63) is 59.4 Å². The number of nitrogens with one attached hydrogen (secondary N) is 1. The molecule has 28 heavy (non-hydrogen) atoms. The summed E-state index contributed by atoms with van der Waals surface area (Å²) in [6, 6.07) is 8.39. The number of benzene rings is 2. The highest BCUT2D eigenvalue weighted by molar-refractivity contribution is 5.95. The summed E-state index contributed by atoms with van der Waals surface area (Å²) in [6.45, 7) is -0.0744. The highest BCUT2D eigenvalue weighted by atomic mass is 19.2. The normalized spacial score (nSPS) is 16.8. The predicted molar refractivity (Wildman–Crippen MR) is 93.7 cm³/mol. The standard InChI is InChI=1S/C19H17F3N2O4/c1-27-12-4-2-11(3-5-12)24-9-13(28-10-16(24)25)8-23-19(26)14-6-7-15(20)18(22)17(14)21/h2-7,13H,8-10H2,1H3,(H,23,26). The van der Waals surface area contributed by atoms with Crippen LogP contribution in [0.5, 0.6) is 5.75 Å². The van der Waals surface area contributed by atoms with Gasteiger partial charge in [0.15, 0.2) is 17.5 Å². The highest BCUT2D eigenvalue weighted by Crippen LogP contribution is 2.22. The van der Waals surface area contributed by atoms with E-state index in [0.717, 1.165) is 6.07 Å². The van der Waals surface area contributed by atoms with Crippen LogP contribution in [0.25, 0.3) is 0 Å². The topological polar surface area (TPSA) is 67.9 Å². The van der Waals surface area contributed by atoms with Gasteiger partial charge in [0.1, 0.15) is 12.4 Å². The summed E-state index contributed by atoms with van der Waals surface area (Å²) >= 11 is 0. The molecular weight excluding hydrogens is 377 g/mol. The van der Waals surface area contributed by atoms with Crippen molar-refractivity contribution < 1.29 is 32.2 Å². The molecule has 6 nitrogen and oxygen atoms in total. The van der Waals surface area contributed by atoms with Gasteiger partial charge >= 0.3 is 0 Å². The number of hydrogen-bond acceptors (Lipinski definition) is 4. The fourth-order valence-electron chi connectivity index (χ4n) is 2.76. The first-order valence-electron chi connectivity index (χ1n) is 8.38. The molecule has 2 amide bonds. The molecule has 2 aromatic carbocycles. The van der Waals surface area contributed by atoms with Crippen LogP contribution in [0.2, 0.25) is 0 Å². The van der Waals surface area contributed by atoms with Crippen molar-refractivity contribution >= 4 is 17.5 Å². The Bertz CT molecular complexity index is 889. The molecule has 0 radical (unpaired) electrons. The second-order valence-corrected chi connectivity index (χ2v) is 6.07. The fraction of sp³-hybridized carbons (Fsp3) is 0.263. The number of halogens is 3. The van der Waals surface area contributed by atoms with E-state index in [0.29, 0.717) is 17.5 Å². The molecule has 1 atom stereocenters. The average Bonchev–Trinajstić information content (AvgIpc) is 2.71. The monoisotopic (exact) mass is 394 g/mol. The summed E-state index contributed by atoms with van der Waals surface area (Å²) in [5.74, 6) is -5.16. The lowest BCUT2D eigenvalue weighted by Crippen LogP contribution is -2.50. The fourth-order valence-corrected chi connectivity index (χ4v) is 2.76. The molecule has 0 aromatic heterocycles. The van der Waals surface area contributed by atoms with E-state index < -0.39 is 35.0 Å². The number of nitrogens with zero attached hydrogens (tertiary/aromatic N) is 1. The Hall–Kier alpha value is -3.07. The van der Waals surface area contributed by atoms with Gasteiger partial charge in [-0.2, -0.15) is 0 Å². The number of rotatable bonds is 5. The third-order valence-corrected chi connectivity index (χ3v) is 4.28. The maximum absolute atomic E-state index is 13.7. The van der Waals surface area contributed by atoms with Crippen LogP contribution >= 0.6 is 0 Å². The summed E-state index contributed by atoms with van der Waals surface area (Å²) < 4.78 is 50.4. The van der Waals surface area contributed by atoms with Crippen LogP contribution in [0, 0.1) is 17.5 Å². The summed E-state index contributed by atoms with van der Waals surface area (Å²) in [7, 11) is 1.53. The summed E-state index contributed by atoms with van der Waals surface area (Å²) in [5.41, 5.74) is 0.0230. The van der Waals surface area contributed by atoms with Crippen molar-refractivity contribution in [1.29, 1.82) is 0 Å². The van der Waals surface area contributed by atoms with E-state index >= 15 is 0 Å². The maximum Gasteiger partial charge on any atom is 0.254 e. The summed E-state index contributed by atoms with van der Waals surface area (Å²) in [5, 5.41) is 2.41. The minimum Gasteiger partial charge on any atom is -0.497 e. The molecule has 0 aliphatic carbocycles. The zero-order valence-electron chi connectivity index (χ0n) is 14.9. The molecule has 9 heteroatoms. The van der Waals surface area contributed by atoms with E-state index in [1.165, 1.54) is 12.0 Å². The van der Waals surface area contributed by atoms with E-state index in [1.807, 2.05) is 0 Å². The Morgan fingerprint density at radius 3 is 2.57 bits per heavy atom. The number of carbonyl (C=O) groups is 2. The minimum absolute atomic E-state index is 0.0444. The predicted octanol–water partition coefficient (Wildman–Crippen LogP) is 2.27. The molecular formula is C19H17F3N2O4. The Morgan fingerprint density at radius 2 is 1.89 bits per heavy atom. The van der Waals surface area contributed by atoms with E-state index in [4.69, 9.17) is 9.47 Å². The molecule has 2 aromatic rings. The van der Waals surface area contributed by atoms with Crippen LogP contribution in [-0.2, 0) is 9.53 Å². The molecule has 0 saturated carbocycles. The van der Waals surface area contributed by atoms with Gasteiger partial charge in [-0.15, -0.1) is 0 Å². The Kier molecular flexibility index (Phi) is 5.84. The SMILES string of the molecule is COc1ccc(N2CC(CNC(=O)c3ccc(F)c(F)c3F)OCC2=O)cc1. The number of amides is 2. The Balaban J connectivity index is 1.64. The quantitative estimate of drug-likeness (QED) is 0.791. The van der Waals surface area contributed by atoms with Gasteiger partial charge in [0.05, 0.1) is 25.3 Å². The van der Waals surface area contributed by atoms with Crippen molar-refractivity contribution in [2.75, 3.05) is 31.7 Å². The first kappa shape index (κ1) is 19.7. The molecule has 3 rings (SSSR count). The number of hydrogen-bond donors (Lipinski definition) is 1. The number of methoxy groups -OCH3 is 1. The molecule has 1 N–H and O–H groups in total. The van der Waals surface area contributed by atoms with Gasteiger partial charge in [0.2, 0.25) is 0 Å². The van der Waals surface area contributed by atoms with Gasteiger partial charge in [-0.05, 0) is 36.4 Å². The van der Waals surface area contributed by atoms with Crippen LogP contribution in [0.4, 0.5) is 18.9 Å². The van der Waals surface area contributed by atoms with Crippen LogP contribution in [0.15, 0.2) is 36.4 Å². The smallest absolute Gasteiger partial charge is 0.254 e. The second kappa shape index (κ2) is 8.30. The van der Waals surface area contributed by atoms with Crippen molar-refractivity contribution in [3.8, 4) is 5.75 Å². The van der Waals surface area contributed by atoms with E-state index in [2.05, 4.69) is 5.32 Å². The van der Waals surface area contributed by atoms with E-state index in [9.17, 15) is 22.8 Å². The maximum atomic E-state index is 13.7.